The highest BCUT2D eigenvalue weighted by Gasteiger charge is 2.27. The number of carbonyl (C=O) groups is 1. The largest absolute Gasteiger partial charge is 0.397 e. The van der Waals surface area contributed by atoms with Crippen molar-refractivity contribution in [1.82, 2.24) is 9.97 Å². The average molecular weight is 339 g/mol. The first-order chi connectivity index (χ1) is 10.3. The maximum atomic E-state index is 12.7. The summed E-state index contributed by atoms with van der Waals surface area (Å²) in [6, 6.07) is 6.42. The van der Waals surface area contributed by atoms with Gasteiger partial charge in [-0.3, -0.25) is 4.79 Å². The molecule has 0 spiro atoms. The second-order valence-corrected chi connectivity index (χ2v) is 5.84. The molecule has 22 heavy (non-hydrogen) atoms. The predicted molar refractivity (Wildman–Crippen MR) is 89.2 cm³/mol. The Bertz CT molecular complexity index is 661. The number of ketones is 1. The van der Waals surface area contributed by atoms with Crippen molar-refractivity contribution in [3.63, 3.8) is 0 Å². The smallest absolute Gasteiger partial charge is 0.150 e. The first kappa shape index (κ1) is 16.5. The van der Waals surface area contributed by atoms with Crippen LogP contribution in [0.5, 0.6) is 0 Å². The van der Waals surface area contributed by atoms with Gasteiger partial charge in [0.25, 0.3) is 0 Å². The zero-order valence-corrected chi connectivity index (χ0v) is 13.7. The lowest BCUT2D eigenvalue weighted by atomic mass is 9.89. The van der Waals surface area contributed by atoms with E-state index in [1.54, 1.807) is 38.1 Å². The summed E-state index contributed by atoms with van der Waals surface area (Å²) in [4.78, 5) is 21.0. The molecule has 0 saturated carbocycles. The molecular weight excluding hydrogens is 323 g/mol. The summed E-state index contributed by atoms with van der Waals surface area (Å²) in [5, 5.41) is 0.578. The number of pyridine rings is 2. The fourth-order valence-electron chi connectivity index (χ4n) is 2.26. The van der Waals surface area contributed by atoms with Crippen LogP contribution in [0.2, 0.25) is 10.3 Å². The molecule has 2 unspecified atom stereocenters. The van der Waals surface area contributed by atoms with E-state index in [9.17, 15) is 4.79 Å². The van der Waals surface area contributed by atoms with Crippen LogP contribution in [0.3, 0.4) is 0 Å². The Labute approximate surface area is 138 Å². The molecule has 0 amide bonds. The molecule has 2 rings (SSSR count). The number of Topliss-reactive ketones (excluding diaryl/α,β-unsaturated/α-hetero) is 1. The Hall–Kier alpha value is -1.85. The highest BCUT2D eigenvalue weighted by atomic mass is 35.5. The van der Waals surface area contributed by atoms with Crippen molar-refractivity contribution >= 4 is 40.4 Å². The van der Waals surface area contributed by atoms with Gasteiger partial charge < -0.3 is 11.5 Å². The number of rotatable bonds is 4. The van der Waals surface area contributed by atoms with Crippen LogP contribution in [-0.2, 0) is 4.79 Å². The summed E-state index contributed by atoms with van der Waals surface area (Å²) in [6.45, 7) is 3.46. The summed E-state index contributed by atoms with van der Waals surface area (Å²) in [5.41, 5.74) is 13.5. The van der Waals surface area contributed by atoms with E-state index in [0.29, 0.717) is 22.8 Å². The minimum Gasteiger partial charge on any atom is -0.397 e. The molecule has 0 fully saturated rings. The second kappa shape index (κ2) is 6.50. The molecule has 0 radical (unpaired) electrons. The van der Waals surface area contributed by atoms with Crippen LogP contribution < -0.4 is 11.5 Å². The molecular formula is C15H16Cl2N4O. The van der Waals surface area contributed by atoms with Crippen molar-refractivity contribution in [2.24, 2.45) is 0 Å². The Balaban J connectivity index is 2.34. The minimum absolute atomic E-state index is 0.108. The second-order valence-electron chi connectivity index (χ2n) is 5.06. The van der Waals surface area contributed by atoms with Crippen LogP contribution in [0.25, 0.3) is 0 Å². The molecule has 2 heterocycles. The summed E-state index contributed by atoms with van der Waals surface area (Å²) in [7, 11) is 0. The van der Waals surface area contributed by atoms with Gasteiger partial charge in [-0.05, 0) is 38.1 Å². The third kappa shape index (κ3) is 3.31. The molecule has 5 nitrogen and oxygen atoms in total. The van der Waals surface area contributed by atoms with Gasteiger partial charge in [0.2, 0.25) is 0 Å². The number of anilines is 2. The van der Waals surface area contributed by atoms with Crippen molar-refractivity contribution in [2.45, 2.75) is 25.7 Å². The van der Waals surface area contributed by atoms with E-state index in [1.807, 2.05) is 0 Å². The van der Waals surface area contributed by atoms with E-state index in [2.05, 4.69) is 9.97 Å². The predicted octanol–water partition coefficient (Wildman–Crippen LogP) is 3.42. The van der Waals surface area contributed by atoms with Crippen LogP contribution in [0.4, 0.5) is 11.4 Å². The van der Waals surface area contributed by atoms with Gasteiger partial charge in [0.15, 0.2) is 5.78 Å². The Kier molecular flexibility index (Phi) is 4.88. The van der Waals surface area contributed by atoms with Crippen molar-refractivity contribution < 1.29 is 4.79 Å². The maximum Gasteiger partial charge on any atom is 0.150 e. The number of nitrogen functional groups attached to an aromatic ring is 2. The number of hydrogen-bond acceptors (Lipinski definition) is 5. The highest BCUT2D eigenvalue weighted by molar-refractivity contribution is 6.29. The van der Waals surface area contributed by atoms with E-state index in [-0.39, 0.29) is 16.1 Å². The molecule has 0 aliphatic rings. The van der Waals surface area contributed by atoms with E-state index in [0.717, 1.165) is 0 Å². The SMILES string of the molecule is CC(C(=O)C(C)c1nc(Cl)ccc1N)c1nc(Cl)ccc1N. The Morgan fingerprint density at radius 3 is 1.64 bits per heavy atom. The van der Waals surface area contributed by atoms with Gasteiger partial charge in [-0.1, -0.05) is 23.2 Å². The highest BCUT2D eigenvalue weighted by Crippen LogP contribution is 2.30. The lowest BCUT2D eigenvalue weighted by Crippen LogP contribution is -2.20. The first-order valence-corrected chi connectivity index (χ1v) is 7.44. The van der Waals surface area contributed by atoms with Gasteiger partial charge in [0.1, 0.15) is 10.3 Å². The molecule has 0 saturated heterocycles. The van der Waals surface area contributed by atoms with Gasteiger partial charge in [0, 0.05) is 0 Å². The van der Waals surface area contributed by atoms with Crippen LogP contribution in [0, 0.1) is 0 Å². The molecule has 0 aliphatic carbocycles. The molecule has 116 valence electrons. The van der Waals surface area contributed by atoms with Gasteiger partial charge in [-0.25, -0.2) is 9.97 Å². The van der Waals surface area contributed by atoms with Crippen molar-refractivity contribution in [1.29, 1.82) is 0 Å². The van der Waals surface area contributed by atoms with Crippen LogP contribution >= 0.6 is 23.2 Å². The number of hydrogen-bond donors (Lipinski definition) is 2. The fourth-order valence-corrected chi connectivity index (χ4v) is 2.57. The van der Waals surface area contributed by atoms with Crippen LogP contribution in [-0.4, -0.2) is 15.8 Å². The zero-order chi connectivity index (χ0) is 16.4. The Morgan fingerprint density at radius 1 is 0.909 bits per heavy atom. The topological polar surface area (TPSA) is 94.9 Å². The fraction of sp³-hybridized carbons (Fsp3) is 0.267. The van der Waals surface area contributed by atoms with Crippen molar-refractivity contribution in [3.05, 3.63) is 46.0 Å². The number of nitrogens with two attached hydrogens (primary N) is 2. The van der Waals surface area contributed by atoms with Crippen molar-refractivity contribution in [2.75, 3.05) is 11.5 Å². The number of nitrogens with zero attached hydrogens (tertiary/aromatic N) is 2. The lowest BCUT2D eigenvalue weighted by molar-refractivity contribution is -0.121. The number of aromatic nitrogens is 2. The van der Waals surface area contributed by atoms with E-state index in [4.69, 9.17) is 34.7 Å². The maximum absolute atomic E-state index is 12.7. The summed E-state index contributed by atoms with van der Waals surface area (Å²) in [6.07, 6.45) is 0. The molecule has 4 N–H and O–H groups in total. The minimum atomic E-state index is -0.533. The molecule has 2 aromatic heterocycles. The molecule has 2 aromatic rings. The van der Waals surface area contributed by atoms with Crippen LogP contribution in [0.15, 0.2) is 24.3 Å². The summed E-state index contributed by atoms with van der Waals surface area (Å²) in [5.74, 6) is -1.18. The standard InChI is InChI=1S/C15H16Cl2N4O/c1-7(13-9(18)3-5-11(16)20-13)15(22)8(2)14-10(19)4-6-12(17)21-14/h3-8H,18-19H2,1-2H3. The summed E-state index contributed by atoms with van der Waals surface area (Å²) >= 11 is 11.8. The molecule has 0 aromatic carbocycles. The average Bonchev–Trinajstić information content (AvgIpc) is 2.50. The summed E-state index contributed by atoms with van der Waals surface area (Å²) < 4.78 is 0. The molecule has 7 heteroatoms. The van der Waals surface area contributed by atoms with E-state index in [1.165, 1.54) is 0 Å². The Morgan fingerprint density at radius 2 is 1.27 bits per heavy atom. The third-order valence-electron chi connectivity index (χ3n) is 3.52. The third-order valence-corrected chi connectivity index (χ3v) is 3.94. The quantitative estimate of drug-likeness (QED) is 0.832. The lowest BCUT2D eigenvalue weighted by Gasteiger charge is -2.18. The first-order valence-electron chi connectivity index (χ1n) is 6.68. The van der Waals surface area contributed by atoms with Gasteiger partial charge in [0.05, 0.1) is 34.6 Å². The van der Waals surface area contributed by atoms with Crippen LogP contribution in [0.1, 0.15) is 37.1 Å². The number of halogens is 2. The number of carbonyl (C=O) groups excluding carboxylic acids is 1. The molecule has 0 bridgehead atoms. The van der Waals surface area contributed by atoms with Gasteiger partial charge in [-0.2, -0.15) is 0 Å². The van der Waals surface area contributed by atoms with Gasteiger partial charge >= 0.3 is 0 Å². The normalized spacial score (nSPS) is 13.6. The van der Waals surface area contributed by atoms with Crippen molar-refractivity contribution in [3.8, 4) is 0 Å². The van der Waals surface area contributed by atoms with E-state index >= 15 is 0 Å². The van der Waals surface area contributed by atoms with Gasteiger partial charge in [-0.15, -0.1) is 0 Å². The molecule has 0 aliphatic heterocycles. The molecule has 2 atom stereocenters. The zero-order valence-electron chi connectivity index (χ0n) is 12.2. The monoisotopic (exact) mass is 338 g/mol. The van der Waals surface area contributed by atoms with E-state index < -0.39 is 11.8 Å².